The summed E-state index contributed by atoms with van der Waals surface area (Å²) < 4.78 is 28.3. The van der Waals surface area contributed by atoms with Crippen molar-refractivity contribution >= 4 is 72.9 Å². The molecule has 0 radical (unpaired) electrons. The molecule has 0 bridgehead atoms. The Labute approximate surface area is 215 Å². The van der Waals surface area contributed by atoms with Crippen LogP contribution in [0.2, 0.25) is 15.1 Å². The van der Waals surface area contributed by atoms with Gasteiger partial charge in [0, 0.05) is 21.6 Å². The second-order valence-corrected chi connectivity index (χ2v) is 10.8. The zero-order valence-corrected chi connectivity index (χ0v) is 21.6. The SMILES string of the molecule is O=C(CN(Cc1ccccc1Cl)S(=O)(=O)c1ccc(Br)cc1)N/N=C/c1c(Cl)cccc1Cl. The maximum Gasteiger partial charge on any atom is 0.255 e. The van der Waals surface area contributed by atoms with Crippen LogP contribution in [0.5, 0.6) is 0 Å². The van der Waals surface area contributed by atoms with Gasteiger partial charge in [-0.05, 0) is 48.0 Å². The molecular weight excluding hydrogens is 573 g/mol. The lowest BCUT2D eigenvalue weighted by Gasteiger charge is -2.22. The average molecular weight is 590 g/mol. The molecule has 0 aromatic heterocycles. The smallest absolute Gasteiger partial charge is 0.255 e. The molecule has 0 unspecified atom stereocenters. The Morgan fingerprint density at radius 1 is 0.939 bits per heavy atom. The van der Waals surface area contributed by atoms with E-state index in [1.165, 1.54) is 18.3 Å². The van der Waals surface area contributed by atoms with Crippen LogP contribution in [0.3, 0.4) is 0 Å². The van der Waals surface area contributed by atoms with Crippen molar-refractivity contribution in [3.63, 3.8) is 0 Å². The van der Waals surface area contributed by atoms with Crippen LogP contribution in [0.4, 0.5) is 0 Å². The summed E-state index contributed by atoms with van der Waals surface area (Å²) in [6, 6.07) is 17.9. The van der Waals surface area contributed by atoms with Crippen LogP contribution in [0.15, 0.2) is 81.2 Å². The van der Waals surface area contributed by atoms with Crippen molar-refractivity contribution in [2.75, 3.05) is 6.54 Å². The first-order valence-corrected chi connectivity index (χ1v) is 12.8. The molecule has 33 heavy (non-hydrogen) atoms. The Hall–Kier alpha value is -1.94. The Kier molecular flexibility index (Phi) is 8.92. The number of carbonyl (C=O) groups excluding carboxylic acids is 1. The van der Waals surface area contributed by atoms with Gasteiger partial charge in [-0.3, -0.25) is 4.79 Å². The Bertz CT molecular complexity index is 1270. The lowest BCUT2D eigenvalue weighted by Crippen LogP contribution is -2.39. The molecule has 0 aliphatic rings. The number of hydrogen-bond donors (Lipinski definition) is 1. The Morgan fingerprint density at radius 3 is 2.18 bits per heavy atom. The predicted molar refractivity (Wildman–Crippen MR) is 135 cm³/mol. The van der Waals surface area contributed by atoms with Crippen molar-refractivity contribution in [3.05, 3.63) is 97.4 Å². The van der Waals surface area contributed by atoms with Gasteiger partial charge in [0.1, 0.15) is 0 Å². The standard InChI is InChI=1S/C22H17BrCl3N3O3S/c23-16-8-10-17(11-9-16)33(31,32)29(13-15-4-1-2-5-19(15)24)14-22(30)28-27-12-18-20(25)6-3-7-21(18)26/h1-12H,13-14H2,(H,28,30)/b27-12+. The molecule has 172 valence electrons. The quantitative estimate of drug-likeness (QED) is 0.269. The van der Waals surface area contributed by atoms with Crippen LogP contribution in [0, 0.1) is 0 Å². The first-order chi connectivity index (χ1) is 15.7. The highest BCUT2D eigenvalue weighted by Gasteiger charge is 2.27. The summed E-state index contributed by atoms with van der Waals surface area (Å²) in [5.41, 5.74) is 3.30. The minimum atomic E-state index is -4.02. The first-order valence-electron chi connectivity index (χ1n) is 9.43. The van der Waals surface area contributed by atoms with Crippen LogP contribution in [-0.2, 0) is 21.4 Å². The number of nitrogens with zero attached hydrogens (tertiary/aromatic N) is 2. The molecule has 0 aliphatic heterocycles. The fourth-order valence-corrected chi connectivity index (χ4v) is 5.13. The van der Waals surface area contributed by atoms with Crippen LogP contribution < -0.4 is 5.43 Å². The number of rotatable bonds is 8. The minimum Gasteiger partial charge on any atom is -0.272 e. The van der Waals surface area contributed by atoms with E-state index in [4.69, 9.17) is 34.8 Å². The molecular formula is C22H17BrCl3N3O3S. The van der Waals surface area contributed by atoms with E-state index in [1.807, 2.05) is 0 Å². The van der Waals surface area contributed by atoms with Gasteiger partial charge in [0.25, 0.3) is 5.91 Å². The monoisotopic (exact) mass is 587 g/mol. The molecule has 0 fully saturated rings. The van der Waals surface area contributed by atoms with Crippen LogP contribution in [0.1, 0.15) is 11.1 Å². The second kappa shape index (κ2) is 11.5. The highest BCUT2D eigenvalue weighted by molar-refractivity contribution is 9.10. The number of nitrogens with one attached hydrogen (secondary N) is 1. The highest BCUT2D eigenvalue weighted by Crippen LogP contribution is 2.24. The number of hydrazone groups is 1. The molecule has 0 saturated heterocycles. The van der Waals surface area contributed by atoms with E-state index in [2.05, 4.69) is 26.5 Å². The summed E-state index contributed by atoms with van der Waals surface area (Å²) in [6.07, 6.45) is 1.30. The topological polar surface area (TPSA) is 78.8 Å². The van der Waals surface area contributed by atoms with Crippen molar-refractivity contribution in [3.8, 4) is 0 Å². The van der Waals surface area contributed by atoms with Crippen molar-refractivity contribution in [2.45, 2.75) is 11.4 Å². The molecule has 3 rings (SSSR count). The number of halogens is 4. The zero-order valence-electron chi connectivity index (χ0n) is 16.9. The molecule has 3 aromatic carbocycles. The Balaban J connectivity index is 1.83. The lowest BCUT2D eigenvalue weighted by molar-refractivity contribution is -0.121. The third kappa shape index (κ3) is 6.79. The second-order valence-electron chi connectivity index (χ2n) is 6.75. The normalized spacial score (nSPS) is 11.8. The molecule has 0 heterocycles. The van der Waals surface area contributed by atoms with Crippen LogP contribution in [0.25, 0.3) is 0 Å². The third-order valence-electron chi connectivity index (χ3n) is 4.46. The van der Waals surface area contributed by atoms with Crippen molar-refractivity contribution in [1.82, 2.24) is 9.73 Å². The molecule has 1 N–H and O–H groups in total. The summed E-state index contributed by atoms with van der Waals surface area (Å²) in [6.45, 7) is -0.594. The van der Waals surface area contributed by atoms with Gasteiger partial charge in [-0.1, -0.05) is 75.0 Å². The molecule has 0 saturated carbocycles. The van der Waals surface area contributed by atoms with E-state index < -0.39 is 22.5 Å². The van der Waals surface area contributed by atoms with Gasteiger partial charge in [0.15, 0.2) is 0 Å². The zero-order chi connectivity index (χ0) is 24.0. The summed E-state index contributed by atoms with van der Waals surface area (Å²) in [7, 11) is -4.02. The molecule has 0 spiro atoms. The van der Waals surface area contributed by atoms with Crippen molar-refractivity contribution in [2.24, 2.45) is 5.10 Å². The van der Waals surface area contributed by atoms with E-state index in [0.717, 1.165) is 8.78 Å². The molecule has 0 atom stereocenters. The minimum absolute atomic E-state index is 0.0388. The maximum absolute atomic E-state index is 13.3. The van der Waals surface area contributed by atoms with Gasteiger partial charge < -0.3 is 0 Å². The van der Waals surface area contributed by atoms with Crippen molar-refractivity contribution < 1.29 is 13.2 Å². The van der Waals surface area contributed by atoms with Gasteiger partial charge >= 0.3 is 0 Å². The maximum atomic E-state index is 13.3. The number of benzene rings is 3. The average Bonchev–Trinajstić information content (AvgIpc) is 2.77. The summed E-state index contributed by atoms with van der Waals surface area (Å²) >= 11 is 21.7. The van der Waals surface area contributed by atoms with E-state index in [1.54, 1.807) is 54.6 Å². The summed E-state index contributed by atoms with van der Waals surface area (Å²) in [4.78, 5) is 12.6. The summed E-state index contributed by atoms with van der Waals surface area (Å²) in [5.74, 6) is -0.651. The fraction of sp³-hybridized carbons (Fsp3) is 0.0909. The van der Waals surface area contributed by atoms with E-state index in [9.17, 15) is 13.2 Å². The largest absolute Gasteiger partial charge is 0.272 e. The van der Waals surface area contributed by atoms with Crippen molar-refractivity contribution in [1.29, 1.82) is 0 Å². The van der Waals surface area contributed by atoms with Crippen LogP contribution >= 0.6 is 50.7 Å². The molecule has 3 aromatic rings. The van der Waals surface area contributed by atoms with Gasteiger partial charge in [-0.2, -0.15) is 9.41 Å². The molecule has 0 aliphatic carbocycles. The molecule has 11 heteroatoms. The van der Waals surface area contributed by atoms with E-state index in [0.29, 0.717) is 26.2 Å². The lowest BCUT2D eigenvalue weighted by atomic mass is 10.2. The number of carbonyl (C=O) groups is 1. The Morgan fingerprint density at radius 2 is 1.55 bits per heavy atom. The number of sulfonamides is 1. The van der Waals surface area contributed by atoms with E-state index in [-0.39, 0.29) is 11.4 Å². The van der Waals surface area contributed by atoms with E-state index >= 15 is 0 Å². The predicted octanol–water partition coefficient (Wildman–Crippen LogP) is 5.75. The first kappa shape index (κ1) is 25.7. The van der Waals surface area contributed by atoms with Gasteiger partial charge in [-0.25, -0.2) is 13.8 Å². The summed E-state index contributed by atoms with van der Waals surface area (Å²) in [5, 5.41) is 4.97. The molecule has 1 amide bonds. The van der Waals surface area contributed by atoms with Gasteiger partial charge in [-0.15, -0.1) is 0 Å². The highest BCUT2D eigenvalue weighted by atomic mass is 79.9. The van der Waals surface area contributed by atoms with Gasteiger partial charge in [0.2, 0.25) is 10.0 Å². The number of hydrogen-bond acceptors (Lipinski definition) is 4. The third-order valence-corrected chi connectivity index (χ3v) is 7.82. The fourth-order valence-electron chi connectivity index (χ4n) is 2.80. The van der Waals surface area contributed by atoms with Gasteiger partial charge in [0.05, 0.1) is 27.7 Å². The van der Waals surface area contributed by atoms with Crippen LogP contribution in [-0.4, -0.2) is 31.4 Å². The molecule has 6 nitrogen and oxygen atoms in total. The number of amides is 1.